The first-order valence-electron chi connectivity index (χ1n) is 9.56. The van der Waals surface area contributed by atoms with E-state index in [1.807, 2.05) is 0 Å². The summed E-state index contributed by atoms with van der Waals surface area (Å²) in [6.07, 6.45) is 5.24. The number of methoxy groups -OCH3 is 1. The van der Waals surface area contributed by atoms with Gasteiger partial charge >= 0.3 is 0 Å². The minimum atomic E-state index is -0.565. The fourth-order valence-electron chi connectivity index (χ4n) is 5.40. The Labute approximate surface area is 165 Å². The Kier molecular flexibility index (Phi) is 3.77. The standard InChI is InChI=1S/C20H19N3O6/c1-29-15-6-9(23(27)28)2-5-14(15)21-16(24)8-22-19(25)17-10-3-4-11(13-7-12(10)13)18(17)20(22)26/h2-6,10-13,17-18H,7-8H2,1H3,(H,21,24)/t10-,11-,12-,13+,17-,18+/m0/s1. The molecule has 4 aliphatic carbocycles. The molecule has 150 valence electrons. The molecule has 0 spiro atoms. The highest BCUT2D eigenvalue weighted by atomic mass is 16.6. The number of likely N-dealkylation sites (tertiary alicyclic amines) is 1. The normalized spacial score (nSPS) is 33.3. The maximum Gasteiger partial charge on any atom is 0.273 e. The summed E-state index contributed by atoms with van der Waals surface area (Å²) in [5.41, 5.74) is 0.0676. The number of non-ortho nitro benzene ring substituents is 1. The van der Waals surface area contributed by atoms with E-state index in [0.717, 1.165) is 11.3 Å². The second kappa shape index (κ2) is 6.13. The van der Waals surface area contributed by atoms with E-state index in [1.165, 1.54) is 25.3 Å². The van der Waals surface area contributed by atoms with Crippen molar-refractivity contribution >= 4 is 29.1 Å². The fourth-order valence-corrected chi connectivity index (χ4v) is 5.40. The predicted molar refractivity (Wildman–Crippen MR) is 99.7 cm³/mol. The molecule has 1 aliphatic heterocycles. The van der Waals surface area contributed by atoms with Crippen LogP contribution in [0.5, 0.6) is 5.75 Å². The molecule has 1 aromatic rings. The molecule has 0 unspecified atom stereocenters. The Balaban J connectivity index is 1.32. The van der Waals surface area contributed by atoms with Crippen molar-refractivity contribution in [1.29, 1.82) is 0 Å². The lowest BCUT2D eigenvalue weighted by Crippen LogP contribution is -2.40. The van der Waals surface area contributed by atoms with Crippen molar-refractivity contribution in [2.24, 2.45) is 35.5 Å². The van der Waals surface area contributed by atoms with Gasteiger partial charge in [-0.3, -0.25) is 29.4 Å². The molecule has 2 saturated carbocycles. The molecule has 1 saturated heterocycles. The molecule has 6 rings (SSSR count). The summed E-state index contributed by atoms with van der Waals surface area (Å²) in [5.74, 6) is -0.437. The van der Waals surface area contributed by atoms with Crippen LogP contribution in [-0.2, 0) is 14.4 Å². The van der Waals surface area contributed by atoms with Crippen molar-refractivity contribution in [2.45, 2.75) is 6.42 Å². The Morgan fingerprint density at radius 2 is 1.83 bits per heavy atom. The summed E-state index contributed by atoms with van der Waals surface area (Å²) < 4.78 is 5.10. The van der Waals surface area contributed by atoms with Gasteiger partial charge in [0.1, 0.15) is 12.3 Å². The van der Waals surface area contributed by atoms with Crippen LogP contribution in [0.15, 0.2) is 30.4 Å². The number of nitro benzene ring substituents is 1. The van der Waals surface area contributed by atoms with Gasteiger partial charge in [-0.2, -0.15) is 0 Å². The number of nitro groups is 1. The number of imide groups is 1. The van der Waals surface area contributed by atoms with Gasteiger partial charge in [-0.25, -0.2) is 0 Å². The number of carbonyl (C=O) groups excluding carboxylic acids is 3. The zero-order valence-corrected chi connectivity index (χ0v) is 15.6. The van der Waals surface area contributed by atoms with Gasteiger partial charge in [0, 0.05) is 6.07 Å². The summed E-state index contributed by atoms with van der Waals surface area (Å²) in [5, 5.41) is 13.5. The summed E-state index contributed by atoms with van der Waals surface area (Å²) in [6.45, 7) is -0.375. The van der Waals surface area contributed by atoms with Gasteiger partial charge in [-0.15, -0.1) is 0 Å². The van der Waals surface area contributed by atoms with Crippen LogP contribution in [0.2, 0.25) is 0 Å². The van der Waals surface area contributed by atoms with Gasteiger partial charge in [-0.1, -0.05) is 12.2 Å². The maximum absolute atomic E-state index is 12.9. The second-order valence-electron chi connectivity index (χ2n) is 8.11. The van der Waals surface area contributed by atoms with Crippen LogP contribution >= 0.6 is 0 Å². The number of anilines is 1. The van der Waals surface area contributed by atoms with Gasteiger partial charge in [0.15, 0.2) is 0 Å². The van der Waals surface area contributed by atoms with Crippen molar-refractivity contribution in [3.63, 3.8) is 0 Å². The minimum absolute atomic E-state index is 0.106. The van der Waals surface area contributed by atoms with Gasteiger partial charge in [0.05, 0.1) is 35.6 Å². The molecule has 1 heterocycles. The van der Waals surface area contributed by atoms with Crippen LogP contribution in [0.1, 0.15) is 6.42 Å². The number of hydrogen-bond donors (Lipinski definition) is 1. The molecule has 6 atom stereocenters. The number of carbonyl (C=O) groups is 3. The van der Waals surface area contributed by atoms with E-state index in [4.69, 9.17) is 4.74 Å². The van der Waals surface area contributed by atoms with E-state index >= 15 is 0 Å². The second-order valence-corrected chi connectivity index (χ2v) is 8.11. The topological polar surface area (TPSA) is 119 Å². The molecule has 0 aromatic heterocycles. The van der Waals surface area contributed by atoms with E-state index in [9.17, 15) is 24.5 Å². The monoisotopic (exact) mass is 397 g/mol. The number of rotatable bonds is 5. The molecule has 3 amide bonds. The number of benzene rings is 1. The van der Waals surface area contributed by atoms with Crippen LogP contribution in [0.25, 0.3) is 0 Å². The van der Waals surface area contributed by atoms with Gasteiger partial charge in [-0.05, 0) is 36.2 Å². The van der Waals surface area contributed by atoms with Crippen molar-refractivity contribution in [3.05, 3.63) is 40.5 Å². The van der Waals surface area contributed by atoms with E-state index in [0.29, 0.717) is 11.8 Å². The van der Waals surface area contributed by atoms with Crippen LogP contribution in [0.3, 0.4) is 0 Å². The zero-order chi connectivity index (χ0) is 20.4. The molecule has 3 fully saturated rings. The van der Waals surface area contributed by atoms with E-state index in [2.05, 4.69) is 17.5 Å². The van der Waals surface area contributed by atoms with Gasteiger partial charge < -0.3 is 10.1 Å². The zero-order valence-electron chi connectivity index (χ0n) is 15.6. The molecule has 1 N–H and O–H groups in total. The number of amides is 3. The Bertz CT molecular complexity index is 952. The first-order chi connectivity index (χ1) is 13.9. The molecular weight excluding hydrogens is 378 g/mol. The third-order valence-electron chi connectivity index (χ3n) is 6.73. The molecule has 9 heteroatoms. The first kappa shape index (κ1) is 17.8. The number of ether oxygens (including phenoxy) is 1. The Hall–Kier alpha value is -3.23. The quantitative estimate of drug-likeness (QED) is 0.349. The van der Waals surface area contributed by atoms with Crippen LogP contribution in [0, 0.1) is 45.6 Å². The van der Waals surface area contributed by atoms with Crippen molar-refractivity contribution in [2.75, 3.05) is 19.0 Å². The maximum atomic E-state index is 12.9. The highest BCUT2D eigenvalue weighted by Gasteiger charge is 2.67. The molecule has 9 nitrogen and oxygen atoms in total. The summed E-state index contributed by atoms with van der Waals surface area (Å²) in [4.78, 5) is 49.8. The minimum Gasteiger partial charge on any atom is -0.494 e. The number of allylic oxidation sites excluding steroid dienone is 2. The Morgan fingerprint density at radius 1 is 1.21 bits per heavy atom. The highest BCUT2D eigenvalue weighted by Crippen LogP contribution is 2.65. The van der Waals surface area contributed by atoms with Crippen LogP contribution in [-0.4, -0.2) is 41.2 Å². The lowest BCUT2D eigenvalue weighted by molar-refractivity contribution is -0.384. The van der Waals surface area contributed by atoms with E-state index in [1.54, 1.807) is 0 Å². The summed E-state index contributed by atoms with van der Waals surface area (Å²) >= 11 is 0. The molecule has 5 aliphatic rings. The van der Waals surface area contributed by atoms with E-state index < -0.39 is 10.8 Å². The SMILES string of the molecule is COc1cc([N+](=O)[O-])ccc1NC(=O)CN1C(=O)[C@@H]2[C@H]3C=C[C@@H]([C@@H]4C[C@H]34)[C@@H]2C1=O. The summed E-state index contributed by atoms with van der Waals surface area (Å²) in [6, 6.07) is 3.81. The van der Waals surface area contributed by atoms with Crippen molar-refractivity contribution in [3.8, 4) is 5.75 Å². The molecule has 0 radical (unpaired) electrons. The third-order valence-corrected chi connectivity index (χ3v) is 6.73. The summed E-state index contributed by atoms with van der Waals surface area (Å²) in [7, 11) is 1.33. The largest absolute Gasteiger partial charge is 0.494 e. The smallest absolute Gasteiger partial charge is 0.273 e. The predicted octanol–water partition coefficient (Wildman–Crippen LogP) is 1.59. The lowest BCUT2D eigenvalue weighted by Gasteiger charge is -2.37. The molecule has 1 aromatic carbocycles. The fraction of sp³-hybridized carbons (Fsp3) is 0.450. The highest BCUT2D eigenvalue weighted by molar-refractivity contribution is 6.09. The molecule has 29 heavy (non-hydrogen) atoms. The number of nitrogens with one attached hydrogen (secondary N) is 1. The Morgan fingerprint density at radius 3 is 2.38 bits per heavy atom. The van der Waals surface area contributed by atoms with Gasteiger partial charge in [0.25, 0.3) is 5.69 Å². The van der Waals surface area contributed by atoms with Gasteiger partial charge in [0.2, 0.25) is 17.7 Å². The van der Waals surface area contributed by atoms with Crippen LogP contribution < -0.4 is 10.1 Å². The lowest BCUT2D eigenvalue weighted by atomic mass is 9.63. The number of nitrogens with zero attached hydrogens (tertiary/aromatic N) is 2. The molecule has 2 bridgehead atoms. The van der Waals surface area contributed by atoms with Crippen LogP contribution in [0.4, 0.5) is 11.4 Å². The third kappa shape index (κ3) is 2.56. The average Bonchev–Trinajstić information content (AvgIpc) is 3.49. The van der Waals surface area contributed by atoms with Crippen molar-refractivity contribution in [1.82, 2.24) is 4.90 Å². The average molecular weight is 397 g/mol. The van der Waals surface area contributed by atoms with Crippen molar-refractivity contribution < 1.29 is 24.0 Å². The molecular formula is C20H19N3O6. The first-order valence-corrected chi connectivity index (χ1v) is 9.56. The number of hydrogen-bond acceptors (Lipinski definition) is 6. The van der Waals surface area contributed by atoms with E-state index in [-0.39, 0.29) is 59.2 Å².